The number of benzene rings is 1. The van der Waals surface area contributed by atoms with Gasteiger partial charge in [-0.1, -0.05) is 0 Å². The summed E-state index contributed by atoms with van der Waals surface area (Å²) in [6.07, 6.45) is 0.259. The minimum absolute atomic E-state index is 0.0575. The monoisotopic (exact) mass is 320 g/mol. The molecule has 0 fully saturated rings. The summed E-state index contributed by atoms with van der Waals surface area (Å²) in [7, 11) is -3.89. The van der Waals surface area contributed by atoms with Crippen molar-refractivity contribution >= 4 is 15.9 Å². The molecule has 7 nitrogen and oxygen atoms in total. The first-order chi connectivity index (χ1) is 9.90. The number of rotatable bonds is 8. The number of alkyl halides is 1. The van der Waals surface area contributed by atoms with E-state index < -0.39 is 28.6 Å². The molecular weight excluding hydrogens is 303 g/mol. The number of nitrogens with one attached hydrogen (secondary N) is 2. The lowest BCUT2D eigenvalue weighted by Gasteiger charge is -2.12. The van der Waals surface area contributed by atoms with Crippen LogP contribution in [0.4, 0.5) is 4.39 Å². The van der Waals surface area contributed by atoms with Crippen LogP contribution in [0.1, 0.15) is 13.3 Å². The van der Waals surface area contributed by atoms with Crippen LogP contribution in [0.5, 0.6) is 5.75 Å². The predicted molar refractivity (Wildman–Crippen MR) is 72.2 cm³/mol. The van der Waals surface area contributed by atoms with E-state index in [4.69, 9.17) is 9.94 Å². The van der Waals surface area contributed by atoms with Crippen LogP contribution in [0.3, 0.4) is 0 Å². The molecule has 118 valence electrons. The van der Waals surface area contributed by atoms with Gasteiger partial charge in [-0.2, -0.15) is 4.72 Å². The minimum Gasteiger partial charge on any atom is -0.493 e. The highest BCUT2D eigenvalue weighted by Crippen LogP contribution is 2.16. The largest absolute Gasteiger partial charge is 0.493 e. The molecule has 21 heavy (non-hydrogen) atoms. The van der Waals surface area contributed by atoms with Crippen molar-refractivity contribution in [2.24, 2.45) is 0 Å². The molecule has 0 bridgehead atoms. The van der Waals surface area contributed by atoms with Crippen LogP contribution in [0.2, 0.25) is 0 Å². The topological polar surface area (TPSA) is 105 Å². The van der Waals surface area contributed by atoms with Gasteiger partial charge in [0.1, 0.15) is 11.8 Å². The van der Waals surface area contributed by atoms with Gasteiger partial charge in [0.15, 0.2) is 0 Å². The molecule has 1 rings (SSSR count). The number of sulfonamides is 1. The molecule has 1 atom stereocenters. The third-order valence-electron chi connectivity index (χ3n) is 2.52. The van der Waals surface area contributed by atoms with Gasteiger partial charge in [0.2, 0.25) is 10.0 Å². The lowest BCUT2D eigenvalue weighted by atomic mass is 10.3. The van der Waals surface area contributed by atoms with Crippen molar-refractivity contribution in [2.75, 3.05) is 13.3 Å². The lowest BCUT2D eigenvalue weighted by Crippen LogP contribution is -2.43. The fraction of sp³-hybridized carbons (Fsp3) is 0.417. The second-order valence-corrected chi connectivity index (χ2v) is 5.90. The van der Waals surface area contributed by atoms with Crippen LogP contribution < -0.4 is 14.9 Å². The van der Waals surface area contributed by atoms with E-state index in [0.717, 1.165) is 0 Å². The molecule has 0 radical (unpaired) electrons. The van der Waals surface area contributed by atoms with Crippen molar-refractivity contribution in [3.05, 3.63) is 24.3 Å². The minimum atomic E-state index is -3.89. The SMILES string of the molecule is CC(NS(=O)(=O)c1ccc(OCCCF)cc1)C(=O)NO. The summed E-state index contributed by atoms with van der Waals surface area (Å²) in [4.78, 5) is 11.0. The van der Waals surface area contributed by atoms with Gasteiger partial charge in [-0.25, -0.2) is 13.9 Å². The van der Waals surface area contributed by atoms with E-state index >= 15 is 0 Å². The van der Waals surface area contributed by atoms with Crippen LogP contribution >= 0.6 is 0 Å². The van der Waals surface area contributed by atoms with Crippen molar-refractivity contribution in [3.63, 3.8) is 0 Å². The van der Waals surface area contributed by atoms with Crippen molar-refractivity contribution in [3.8, 4) is 5.75 Å². The molecule has 9 heteroatoms. The van der Waals surface area contributed by atoms with Gasteiger partial charge in [0, 0.05) is 6.42 Å². The molecule has 1 unspecified atom stereocenters. The lowest BCUT2D eigenvalue weighted by molar-refractivity contribution is -0.130. The van der Waals surface area contributed by atoms with Gasteiger partial charge >= 0.3 is 0 Å². The van der Waals surface area contributed by atoms with Gasteiger partial charge < -0.3 is 4.74 Å². The molecule has 0 aliphatic rings. The predicted octanol–water partition coefficient (Wildman–Crippen LogP) is 0.597. The van der Waals surface area contributed by atoms with E-state index in [1.54, 1.807) is 0 Å². The maximum atomic E-state index is 12.0. The van der Waals surface area contributed by atoms with Gasteiger partial charge in [0.05, 0.1) is 18.2 Å². The summed E-state index contributed by atoms with van der Waals surface area (Å²) < 4.78 is 43.2. The summed E-state index contributed by atoms with van der Waals surface area (Å²) in [5.41, 5.74) is 1.36. The molecule has 0 aliphatic carbocycles. The maximum Gasteiger partial charge on any atom is 0.261 e. The Labute approximate surface area is 122 Å². The van der Waals surface area contributed by atoms with Crippen molar-refractivity contribution in [2.45, 2.75) is 24.3 Å². The molecule has 0 aromatic heterocycles. The average molecular weight is 320 g/mol. The third-order valence-corrected chi connectivity index (χ3v) is 4.07. The number of carbonyl (C=O) groups is 1. The Morgan fingerprint density at radius 3 is 2.52 bits per heavy atom. The number of carbonyl (C=O) groups excluding carboxylic acids is 1. The number of hydrogen-bond donors (Lipinski definition) is 3. The van der Waals surface area contributed by atoms with E-state index in [1.165, 1.54) is 36.7 Å². The first kappa shape index (κ1) is 17.3. The zero-order chi connectivity index (χ0) is 15.9. The molecular formula is C12H17FN2O5S. The first-order valence-electron chi connectivity index (χ1n) is 6.16. The number of halogens is 1. The Morgan fingerprint density at radius 1 is 1.38 bits per heavy atom. The van der Waals surface area contributed by atoms with Crippen LogP contribution in [0.25, 0.3) is 0 Å². The van der Waals surface area contributed by atoms with Gasteiger partial charge in [0.25, 0.3) is 5.91 Å². The maximum absolute atomic E-state index is 12.0. The highest BCUT2D eigenvalue weighted by Gasteiger charge is 2.21. The zero-order valence-electron chi connectivity index (χ0n) is 11.4. The normalized spacial score (nSPS) is 12.7. The van der Waals surface area contributed by atoms with Crippen LogP contribution in [-0.2, 0) is 14.8 Å². The molecule has 0 saturated carbocycles. The van der Waals surface area contributed by atoms with Gasteiger partial charge in [-0.15, -0.1) is 0 Å². The van der Waals surface area contributed by atoms with E-state index in [0.29, 0.717) is 5.75 Å². The Balaban J connectivity index is 2.73. The molecule has 0 saturated heterocycles. The van der Waals surface area contributed by atoms with E-state index in [2.05, 4.69) is 4.72 Å². The Kier molecular flexibility index (Phi) is 6.53. The fourth-order valence-electron chi connectivity index (χ4n) is 1.41. The second kappa shape index (κ2) is 7.91. The summed E-state index contributed by atoms with van der Waals surface area (Å²) in [6, 6.07) is 4.35. The van der Waals surface area contributed by atoms with Gasteiger partial charge in [-0.05, 0) is 31.2 Å². The Morgan fingerprint density at radius 2 is 2.00 bits per heavy atom. The molecule has 1 amide bonds. The summed E-state index contributed by atoms with van der Waals surface area (Å²) in [5.74, 6) is -0.451. The Hall–Kier alpha value is -1.71. The third kappa shape index (κ3) is 5.29. The number of ether oxygens (including phenoxy) is 1. The molecule has 0 heterocycles. The second-order valence-electron chi connectivity index (χ2n) is 4.18. The fourth-order valence-corrected chi connectivity index (χ4v) is 2.61. The molecule has 1 aromatic rings. The summed E-state index contributed by atoms with van der Waals surface area (Å²) in [5, 5.41) is 8.43. The van der Waals surface area contributed by atoms with E-state index in [1.807, 2.05) is 0 Å². The molecule has 0 spiro atoms. The number of hydroxylamine groups is 1. The first-order valence-corrected chi connectivity index (χ1v) is 7.64. The number of hydrogen-bond acceptors (Lipinski definition) is 5. The Bertz CT molecular complexity index is 562. The summed E-state index contributed by atoms with van der Waals surface area (Å²) >= 11 is 0. The summed E-state index contributed by atoms with van der Waals surface area (Å²) in [6.45, 7) is 1.01. The smallest absolute Gasteiger partial charge is 0.261 e. The van der Waals surface area contributed by atoms with Crippen LogP contribution in [-0.4, -0.2) is 38.9 Å². The van der Waals surface area contributed by atoms with Crippen molar-refractivity contribution in [1.29, 1.82) is 0 Å². The quantitative estimate of drug-likeness (QED) is 0.369. The highest BCUT2D eigenvalue weighted by atomic mass is 32.2. The highest BCUT2D eigenvalue weighted by molar-refractivity contribution is 7.89. The van der Waals surface area contributed by atoms with Gasteiger partial charge in [-0.3, -0.25) is 14.4 Å². The van der Waals surface area contributed by atoms with Crippen LogP contribution in [0, 0.1) is 0 Å². The van der Waals surface area contributed by atoms with Crippen LogP contribution in [0.15, 0.2) is 29.2 Å². The molecule has 1 aromatic carbocycles. The van der Waals surface area contributed by atoms with Crippen molar-refractivity contribution in [1.82, 2.24) is 10.2 Å². The number of amides is 1. The van der Waals surface area contributed by atoms with E-state index in [-0.39, 0.29) is 17.9 Å². The standard InChI is InChI=1S/C12H17FN2O5S/c1-9(12(16)14-17)15-21(18,19)11-5-3-10(4-6-11)20-8-2-7-13/h3-6,9,15,17H,2,7-8H2,1H3,(H,14,16). The van der Waals surface area contributed by atoms with Crippen molar-refractivity contribution < 1.29 is 27.5 Å². The van der Waals surface area contributed by atoms with E-state index in [9.17, 15) is 17.6 Å². The zero-order valence-corrected chi connectivity index (χ0v) is 12.2. The molecule has 3 N–H and O–H groups in total. The molecule has 0 aliphatic heterocycles. The average Bonchev–Trinajstić information content (AvgIpc) is 2.46.